The third-order valence-electron chi connectivity index (χ3n) is 13.3. The highest BCUT2D eigenvalue weighted by Gasteiger charge is 2.71. The zero-order chi connectivity index (χ0) is 28.9. The first kappa shape index (κ1) is 28.5. The minimum Gasteiger partial charge on any atom is -0.349 e. The Bertz CT molecular complexity index is 1300. The van der Waals surface area contributed by atoms with Crippen LogP contribution in [0.15, 0.2) is 29.2 Å². The predicted octanol–water partition coefficient (Wildman–Crippen LogP) is 6.69. The Hall–Kier alpha value is -1.28. The molecular formula is C34H48O6S. The van der Waals surface area contributed by atoms with E-state index in [-0.39, 0.29) is 39.8 Å². The summed E-state index contributed by atoms with van der Waals surface area (Å²) >= 11 is 0. The third-order valence-corrected chi connectivity index (χ3v) is 14.7. The van der Waals surface area contributed by atoms with Gasteiger partial charge >= 0.3 is 0 Å². The van der Waals surface area contributed by atoms with Crippen LogP contribution in [0, 0.1) is 59.2 Å². The second kappa shape index (κ2) is 9.61. The third kappa shape index (κ3) is 4.18. The molecule has 0 bridgehead atoms. The van der Waals surface area contributed by atoms with Gasteiger partial charge in [0.1, 0.15) is 5.78 Å². The van der Waals surface area contributed by atoms with Gasteiger partial charge in [0.2, 0.25) is 0 Å². The molecule has 6 nitrogen and oxygen atoms in total. The highest BCUT2D eigenvalue weighted by Crippen LogP contribution is 2.70. The molecule has 1 spiro atoms. The molecule has 1 aromatic rings. The monoisotopic (exact) mass is 584 g/mol. The molecule has 12 unspecified atom stereocenters. The normalized spacial score (nSPS) is 49.3. The highest BCUT2D eigenvalue weighted by molar-refractivity contribution is 7.86. The van der Waals surface area contributed by atoms with Crippen molar-refractivity contribution >= 4 is 15.9 Å². The quantitative estimate of drug-likeness (QED) is 0.368. The first-order valence-corrected chi connectivity index (χ1v) is 17.6. The van der Waals surface area contributed by atoms with E-state index in [1.807, 2.05) is 19.1 Å². The average molecular weight is 585 g/mol. The summed E-state index contributed by atoms with van der Waals surface area (Å²) in [5.41, 5.74) is 0.726. The van der Waals surface area contributed by atoms with Crippen LogP contribution in [-0.4, -0.2) is 38.8 Å². The number of carbonyl (C=O) groups excluding carboxylic acids is 1. The van der Waals surface area contributed by atoms with Crippen molar-refractivity contribution < 1.29 is 26.9 Å². The summed E-state index contributed by atoms with van der Waals surface area (Å²) in [6, 6.07) is 6.90. The van der Waals surface area contributed by atoms with Gasteiger partial charge in [-0.1, -0.05) is 45.4 Å². The van der Waals surface area contributed by atoms with Gasteiger partial charge < -0.3 is 9.47 Å². The zero-order valence-corrected chi connectivity index (χ0v) is 26.3. The molecule has 4 saturated carbocycles. The van der Waals surface area contributed by atoms with Crippen LogP contribution in [0.25, 0.3) is 0 Å². The van der Waals surface area contributed by atoms with Gasteiger partial charge in [0, 0.05) is 30.1 Å². The summed E-state index contributed by atoms with van der Waals surface area (Å²) in [5, 5.41) is 0. The van der Waals surface area contributed by atoms with Gasteiger partial charge in [-0.25, -0.2) is 0 Å². The lowest BCUT2D eigenvalue weighted by atomic mass is 9.44. The Morgan fingerprint density at radius 2 is 1.71 bits per heavy atom. The van der Waals surface area contributed by atoms with Crippen molar-refractivity contribution in [3.8, 4) is 0 Å². The molecule has 6 fully saturated rings. The van der Waals surface area contributed by atoms with Crippen molar-refractivity contribution in [2.75, 3.05) is 6.61 Å². The van der Waals surface area contributed by atoms with E-state index in [9.17, 15) is 13.2 Å². The zero-order valence-electron chi connectivity index (χ0n) is 25.4. The minimum atomic E-state index is -3.79. The Morgan fingerprint density at radius 1 is 0.951 bits per heavy atom. The van der Waals surface area contributed by atoms with E-state index in [1.165, 1.54) is 0 Å². The highest BCUT2D eigenvalue weighted by atomic mass is 32.2. The van der Waals surface area contributed by atoms with Crippen LogP contribution in [0.1, 0.15) is 91.0 Å². The van der Waals surface area contributed by atoms with Crippen LogP contribution < -0.4 is 0 Å². The van der Waals surface area contributed by atoms with Crippen molar-refractivity contribution in [2.45, 2.75) is 115 Å². The van der Waals surface area contributed by atoms with E-state index in [4.69, 9.17) is 13.7 Å². The lowest BCUT2D eigenvalue weighted by Crippen LogP contribution is -2.58. The van der Waals surface area contributed by atoms with Crippen molar-refractivity contribution in [3.05, 3.63) is 29.8 Å². The Morgan fingerprint density at radius 3 is 2.41 bits per heavy atom. The number of aryl methyl sites for hydroxylation is 1. The van der Waals surface area contributed by atoms with Crippen molar-refractivity contribution in [1.82, 2.24) is 0 Å². The maximum atomic E-state index is 14.3. The second-order valence-corrected chi connectivity index (χ2v) is 16.9. The summed E-state index contributed by atoms with van der Waals surface area (Å²) in [5.74, 6) is 2.58. The topological polar surface area (TPSA) is 78.9 Å². The average Bonchev–Trinajstić information content (AvgIpc) is 3.38. The van der Waals surface area contributed by atoms with Crippen molar-refractivity contribution in [1.29, 1.82) is 0 Å². The number of Topliss-reactive ketones (excluding diaryl/α,β-unsaturated/α-hetero) is 1. The molecule has 2 heterocycles. The first-order chi connectivity index (χ1) is 19.4. The maximum Gasteiger partial charge on any atom is 0.297 e. The lowest BCUT2D eigenvalue weighted by molar-refractivity contribution is -0.272. The molecule has 12 atom stereocenters. The Labute approximate surface area is 246 Å². The molecular weight excluding hydrogens is 536 g/mol. The van der Waals surface area contributed by atoms with E-state index >= 15 is 0 Å². The number of ketones is 1. The molecule has 7 heteroatoms. The molecule has 226 valence electrons. The fourth-order valence-electron chi connectivity index (χ4n) is 10.9. The fraction of sp³-hybridized carbons (Fsp3) is 0.794. The number of rotatable bonds is 3. The van der Waals surface area contributed by atoms with E-state index < -0.39 is 15.9 Å². The van der Waals surface area contributed by atoms with Gasteiger partial charge in [-0.2, -0.15) is 8.42 Å². The maximum absolute atomic E-state index is 14.3. The van der Waals surface area contributed by atoms with Crippen LogP contribution in [0.3, 0.4) is 0 Å². The summed E-state index contributed by atoms with van der Waals surface area (Å²) < 4.78 is 45.2. The molecule has 2 saturated heterocycles. The van der Waals surface area contributed by atoms with E-state index in [0.29, 0.717) is 41.8 Å². The first-order valence-electron chi connectivity index (χ1n) is 16.2. The number of hydrogen-bond donors (Lipinski definition) is 0. The largest absolute Gasteiger partial charge is 0.349 e. The van der Waals surface area contributed by atoms with Crippen LogP contribution in [0.2, 0.25) is 0 Å². The van der Waals surface area contributed by atoms with Gasteiger partial charge in [0.05, 0.1) is 23.7 Å². The van der Waals surface area contributed by atoms with Crippen LogP contribution in [0.4, 0.5) is 0 Å². The van der Waals surface area contributed by atoms with Gasteiger partial charge in [-0.05, 0) is 99.0 Å². The smallest absolute Gasteiger partial charge is 0.297 e. The summed E-state index contributed by atoms with van der Waals surface area (Å²) in [7, 11) is -3.79. The molecule has 0 radical (unpaired) electrons. The number of benzene rings is 1. The van der Waals surface area contributed by atoms with Gasteiger partial charge in [0.15, 0.2) is 5.79 Å². The van der Waals surface area contributed by atoms with Gasteiger partial charge in [0.25, 0.3) is 10.1 Å². The van der Waals surface area contributed by atoms with Crippen LogP contribution >= 0.6 is 0 Å². The Balaban J connectivity index is 1.08. The van der Waals surface area contributed by atoms with Gasteiger partial charge in [-0.15, -0.1) is 0 Å². The predicted molar refractivity (Wildman–Crippen MR) is 155 cm³/mol. The molecule has 6 aliphatic rings. The summed E-state index contributed by atoms with van der Waals surface area (Å²) in [6.07, 6.45) is 8.09. The molecule has 0 N–H and O–H groups in total. The molecule has 1 aromatic carbocycles. The Kier molecular flexibility index (Phi) is 6.68. The summed E-state index contributed by atoms with van der Waals surface area (Å²) in [6.45, 7) is 11.9. The summed E-state index contributed by atoms with van der Waals surface area (Å²) in [4.78, 5) is 14.5. The number of ether oxygens (including phenoxy) is 2. The standard InChI is InChI=1S/C34H48O6S/c1-20-6-9-25(10-7-20)41(36,37)40-24-13-14-32(4)23(16-24)8-11-26-27(32)18-30(35)33(5)28(26)17-29-31(33)22(3)34(39-29)15-12-21(2)19-38-34/h6-7,9-10,21-24,26-29,31H,8,11-19H2,1-5H3. The molecule has 0 aromatic heterocycles. The van der Waals surface area contributed by atoms with E-state index in [0.717, 1.165) is 63.5 Å². The molecule has 0 amide bonds. The van der Waals surface area contributed by atoms with Crippen LogP contribution in [0.5, 0.6) is 0 Å². The SMILES string of the molecule is Cc1ccc(S(=O)(=O)OC2CCC3(C)C(CCC4C3CC(=O)C3(C)C4CC4OC5(CCC(C)CO5)C(C)C43)C2)cc1. The molecule has 7 rings (SSSR count). The number of carbonyl (C=O) groups is 1. The minimum absolute atomic E-state index is 0.0431. The van der Waals surface area contributed by atoms with E-state index in [1.54, 1.807) is 12.1 Å². The van der Waals surface area contributed by atoms with Crippen molar-refractivity contribution in [3.63, 3.8) is 0 Å². The molecule has 4 aliphatic carbocycles. The molecule has 2 aliphatic heterocycles. The molecule has 41 heavy (non-hydrogen) atoms. The second-order valence-electron chi connectivity index (χ2n) is 15.3. The van der Waals surface area contributed by atoms with Gasteiger partial charge in [-0.3, -0.25) is 8.98 Å². The lowest BCUT2D eigenvalue weighted by Gasteiger charge is -2.60. The van der Waals surface area contributed by atoms with Crippen LogP contribution in [-0.2, 0) is 28.6 Å². The van der Waals surface area contributed by atoms with Crippen molar-refractivity contribution in [2.24, 2.45) is 52.3 Å². The number of fused-ring (bicyclic) bond motifs is 7. The van der Waals surface area contributed by atoms with E-state index in [2.05, 4.69) is 27.7 Å². The number of hydrogen-bond acceptors (Lipinski definition) is 6. The fourth-order valence-corrected chi connectivity index (χ4v) is 12.1.